The molecular weight excluding hydrogens is 268 g/mol. The van der Waals surface area contributed by atoms with Crippen LogP contribution in [-0.4, -0.2) is 43.7 Å². The molecule has 0 radical (unpaired) electrons. The second-order valence-corrected chi connectivity index (χ2v) is 3.81. The van der Waals surface area contributed by atoms with Gasteiger partial charge in [0.2, 0.25) is 11.6 Å². The van der Waals surface area contributed by atoms with Crippen molar-refractivity contribution in [2.24, 2.45) is 0 Å². The topological polar surface area (TPSA) is 139 Å². The number of carbonyl (C=O) groups is 2. The Morgan fingerprint density at radius 3 is 2.75 bits per heavy atom. The van der Waals surface area contributed by atoms with Gasteiger partial charge in [0.25, 0.3) is 0 Å². The van der Waals surface area contributed by atoms with E-state index in [-0.39, 0.29) is 23.9 Å². The van der Waals surface area contributed by atoms with Crippen LogP contribution in [0.1, 0.15) is 29.5 Å². The molecule has 0 aliphatic rings. The molecular formula is C10H12N6O4. The predicted octanol–water partition coefficient (Wildman–Crippen LogP) is -0.323. The Hall–Kier alpha value is -2.78. The van der Waals surface area contributed by atoms with E-state index < -0.39 is 18.2 Å². The molecule has 0 atom stereocenters. The van der Waals surface area contributed by atoms with Gasteiger partial charge in [0.15, 0.2) is 11.5 Å². The lowest BCUT2D eigenvalue weighted by molar-refractivity contribution is -0.141. The van der Waals surface area contributed by atoms with Gasteiger partial charge >= 0.3 is 5.97 Å². The molecule has 0 bridgehead atoms. The lowest BCUT2D eigenvalue weighted by Gasteiger charge is -2.00. The van der Waals surface area contributed by atoms with Crippen LogP contribution in [0.2, 0.25) is 0 Å². The third-order valence-electron chi connectivity index (χ3n) is 2.47. The number of nitrogens with zero attached hydrogens (tertiary/aromatic N) is 5. The SMILES string of the molecule is CCOC(=O)CC(=O)c1nnn(-c2nonc2N)c1C. The van der Waals surface area contributed by atoms with Gasteiger partial charge in [-0.15, -0.1) is 5.10 Å². The van der Waals surface area contributed by atoms with E-state index >= 15 is 0 Å². The number of anilines is 1. The highest BCUT2D eigenvalue weighted by Crippen LogP contribution is 2.15. The first-order valence-corrected chi connectivity index (χ1v) is 5.74. The highest BCUT2D eigenvalue weighted by molar-refractivity contribution is 6.05. The van der Waals surface area contributed by atoms with Gasteiger partial charge in [0.05, 0.1) is 12.3 Å². The molecule has 0 spiro atoms. The van der Waals surface area contributed by atoms with Crippen LogP contribution >= 0.6 is 0 Å². The fraction of sp³-hybridized carbons (Fsp3) is 0.400. The van der Waals surface area contributed by atoms with Crippen molar-refractivity contribution in [3.63, 3.8) is 0 Å². The highest BCUT2D eigenvalue weighted by Gasteiger charge is 2.22. The summed E-state index contributed by atoms with van der Waals surface area (Å²) >= 11 is 0. The fourth-order valence-electron chi connectivity index (χ4n) is 1.55. The molecule has 0 aliphatic heterocycles. The average molecular weight is 280 g/mol. The molecule has 2 aromatic heterocycles. The van der Waals surface area contributed by atoms with Crippen LogP contribution in [0, 0.1) is 6.92 Å². The van der Waals surface area contributed by atoms with Crippen LogP contribution in [0.25, 0.3) is 5.82 Å². The van der Waals surface area contributed by atoms with E-state index in [1.54, 1.807) is 13.8 Å². The minimum absolute atomic E-state index is 0.0161. The zero-order valence-electron chi connectivity index (χ0n) is 10.9. The molecule has 0 aliphatic carbocycles. The normalized spacial score (nSPS) is 10.5. The smallest absolute Gasteiger partial charge is 0.313 e. The van der Waals surface area contributed by atoms with Crippen LogP contribution in [0.15, 0.2) is 4.63 Å². The second kappa shape index (κ2) is 5.47. The molecule has 0 aromatic carbocycles. The van der Waals surface area contributed by atoms with Crippen LogP contribution in [0.4, 0.5) is 5.82 Å². The monoisotopic (exact) mass is 280 g/mol. The number of hydrogen-bond donors (Lipinski definition) is 1. The van der Waals surface area contributed by atoms with E-state index in [2.05, 4.69) is 25.3 Å². The van der Waals surface area contributed by atoms with Crippen LogP contribution in [0.5, 0.6) is 0 Å². The van der Waals surface area contributed by atoms with Crippen molar-refractivity contribution >= 4 is 17.6 Å². The summed E-state index contributed by atoms with van der Waals surface area (Å²) in [7, 11) is 0. The number of ketones is 1. The molecule has 0 unspecified atom stereocenters. The summed E-state index contributed by atoms with van der Waals surface area (Å²) in [5.41, 5.74) is 5.95. The van der Waals surface area contributed by atoms with Gasteiger partial charge in [-0.3, -0.25) is 9.59 Å². The molecule has 2 rings (SSSR count). The van der Waals surface area contributed by atoms with Gasteiger partial charge in [0, 0.05) is 0 Å². The maximum atomic E-state index is 11.9. The Balaban J connectivity index is 2.23. The average Bonchev–Trinajstić information content (AvgIpc) is 2.95. The molecule has 2 N–H and O–H groups in total. The number of nitrogens with two attached hydrogens (primary N) is 1. The molecule has 0 amide bonds. The summed E-state index contributed by atoms with van der Waals surface area (Å²) in [5.74, 6) is -0.969. The molecule has 2 aromatic rings. The first kappa shape index (κ1) is 13.6. The number of esters is 1. The van der Waals surface area contributed by atoms with E-state index in [0.29, 0.717) is 5.69 Å². The Kier molecular flexibility index (Phi) is 3.73. The van der Waals surface area contributed by atoms with Gasteiger partial charge in [-0.25, -0.2) is 4.63 Å². The molecule has 0 fully saturated rings. The molecule has 10 heteroatoms. The van der Waals surface area contributed by atoms with E-state index in [0.717, 1.165) is 0 Å². The van der Waals surface area contributed by atoms with E-state index in [4.69, 9.17) is 10.5 Å². The Labute approximate surface area is 112 Å². The minimum atomic E-state index is -0.617. The number of rotatable bonds is 5. The van der Waals surface area contributed by atoms with E-state index in [1.165, 1.54) is 4.68 Å². The van der Waals surface area contributed by atoms with Crippen molar-refractivity contribution < 1.29 is 19.0 Å². The quantitative estimate of drug-likeness (QED) is 0.443. The van der Waals surface area contributed by atoms with Crippen LogP contribution in [0.3, 0.4) is 0 Å². The summed E-state index contributed by atoms with van der Waals surface area (Å²) < 4.78 is 10.4. The van der Waals surface area contributed by atoms with Crippen molar-refractivity contribution in [2.75, 3.05) is 12.3 Å². The molecule has 10 nitrogen and oxygen atoms in total. The van der Waals surface area contributed by atoms with Crippen molar-refractivity contribution in [1.29, 1.82) is 0 Å². The Morgan fingerprint density at radius 2 is 2.15 bits per heavy atom. The van der Waals surface area contributed by atoms with Crippen LogP contribution < -0.4 is 5.73 Å². The van der Waals surface area contributed by atoms with Crippen LogP contribution in [-0.2, 0) is 9.53 Å². The number of ether oxygens (including phenoxy) is 1. The number of carbonyl (C=O) groups excluding carboxylic acids is 2. The van der Waals surface area contributed by atoms with Gasteiger partial charge in [-0.05, 0) is 24.2 Å². The van der Waals surface area contributed by atoms with Crippen molar-refractivity contribution in [2.45, 2.75) is 20.3 Å². The fourth-order valence-corrected chi connectivity index (χ4v) is 1.55. The molecule has 20 heavy (non-hydrogen) atoms. The minimum Gasteiger partial charge on any atom is -0.466 e. The lowest BCUT2D eigenvalue weighted by atomic mass is 10.2. The molecule has 0 saturated heterocycles. The molecule has 0 saturated carbocycles. The van der Waals surface area contributed by atoms with E-state index in [1.807, 2.05) is 0 Å². The van der Waals surface area contributed by atoms with Gasteiger partial charge < -0.3 is 10.5 Å². The maximum Gasteiger partial charge on any atom is 0.313 e. The first-order valence-electron chi connectivity index (χ1n) is 5.74. The Morgan fingerprint density at radius 1 is 1.40 bits per heavy atom. The van der Waals surface area contributed by atoms with Gasteiger partial charge in [-0.2, -0.15) is 4.68 Å². The second-order valence-electron chi connectivity index (χ2n) is 3.81. The molecule has 2 heterocycles. The highest BCUT2D eigenvalue weighted by atomic mass is 16.6. The maximum absolute atomic E-state index is 11.9. The number of aromatic nitrogens is 5. The van der Waals surface area contributed by atoms with Gasteiger partial charge in [-0.1, -0.05) is 5.21 Å². The third-order valence-corrected chi connectivity index (χ3v) is 2.47. The summed E-state index contributed by atoms with van der Waals surface area (Å²) in [6.45, 7) is 3.45. The number of nitrogen functional groups attached to an aromatic ring is 1. The zero-order chi connectivity index (χ0) is 14.7. The van der Waals surface area contributed by atoms with Gasteiger partial charge in [0.1, 0.15) is 6.42 Å². The standard InChI is InChI=1S/C10H12N6O4/c1-3-19-7(18)4-6(17)8-5(2)16(15-12-8)10-9(11)13-20-14-10/h3-4H2,1-2H3,(H2,11,13). The number of Topliss-reactive ketones (excluding diaryl/α,β-unsaturated/α-hetero) is 1. The largest absolute Gasteiger partial charge is 0.466 e. The summed E-state index contributed by atoms with van der Waals surface area (Å²) in [5, 5.41) is 14.4. The lowest BCUT2D eigenvalue weighted by Crippen LogP contribution is -2.13. The summed E-state index contributed by atoms with van der Waals surface area (Å²) in [4.78, 5) is 23.2. The summed E-state index contributed by atoms with van der Waals surface area (Å²) in [6, 6.07) is 0. The third kappa shape index (κ3) is 2.48. The first-order chi connectivity index (χ1) is 9.54. The van der Waals surface area contributed by atoms with Crippen molar-refractivity contribution in [3.8, 4) is 5.82 Å². The van der Waals surface area contributed by atoms with Crippen molar-refractivity contribution in [1.82, 2.24) is 25.3 Å². The predicted molar refractivity (Wildman–Crippen MR) is 63.9 cm³/mol. The summed E-state index contributed by atoms with van der Waals surface area (Å²) in [6.07, 6.45) is -0.403. The number of hydrogen-bond acceptors (Lipinski definition) is 9. The van der Waals surface area contributed by atoms with Crippen molar-refractivity contribution in [3.05, 3.63) is 11.4 Å². The molecule has 106 valence electrons. The van der Waals surface area contributed by atoms with E-state index in [9.17, 15) is 9.59 Å². The Bertz CT molecular complexity index is 646. The zero-order valence-corrected chi connectivity index (χ0v) is 10.9.